The summed E-state index contributed by atoms with van der Waals surface area (Å²) < 4.78 is 19.7. The number of hydrogen-bond donors (Lipinski definition) is 3. The van der Waals surface area contributed by atoms with Crippen LogP contribution >= 0.6 is 23.7 Å². The molecule has 0 radical (unpaired) electrons. The molecule has 1 saturated heterocycles. The monoisotopic (exact) mass is 423 g/mol. The number of hydrogen-bond acceptors (Lipinski definition) is 7. The minimum atomic E-state index is -0.499. The summed E-state index contributed by atoms with van der Waals surface area (Å²) in [6.45, 7) is 3.40. The predicted molar refractivity (Wildman–Crippen MR) is 110 cm³/mol. The van der Waals surface area contributed by atoms with Crippen molar-refractivity contribution in [3.63, 3.8) is 0 Å². The van der Waals surface area contributed by atoms with Crippen LogP contribution in [0, 0.1) is 12.7 Å². The number of carbonyl (C=O) groups is 1. The van der Waals surface area contributed by atoms with Gasteiger partial charge in [-0.15, -0.1) is 23.7 Å². The Labute approximate surface area is 170 Å². The molecule has 1 atom stereocenters. The molecule has 2 aromatic heterocycles. The van der Waals surface area contributed by atoms with E-state index in [1.54, 1.807) is 13.0 Å². The Hall–Kier alpha value is -2.49. The van der Waals surface area contributed by atoms with Crippen LogP contribution in [0.3, 0.4) is 0 Å². The second kappa shape index (κ2) is 8.26. The first kappa shape index (κ1) is 20.2. The number of carbonyl (C=O) groups excluding carboxylic acids is 1. The first-order chi connectivity index (χ1) is 13.0. The standard InChI is InChI=1S/C18H18FN5O2S.ClH/c1-9-14-17(22-8-23-18(14)27-15(9)16(20)25)24-12-3-2-10(19)6-13(12)26-11-4-5-21-7-11;/h2-3,6,8,11,21H,4-5,7H2,1H3,(H2,20,25)(H,22,23,24);1H/t11-;/m0./s1. The summed E-state index contributed by atoms with van der Waals surface area (Å²) in [5.41, 5.74) is 6.76. The first-order valence-corrected chi connectivity index (χ1v) is 9.32. The van der Waals surface area contributed by atoms with Gasteiger partial charge < -0.3 is 21.1 Å². The summed E-state index contributed by atoms with van der Waals surface area (Å²) in [6.07, 6.45) is 2.26. The lowest BCUT2D eigenvalue weighted by atomic mass is 10.2. The molecule has 1 amide bonds. The maximum Gasteiger partial charge on any atom is 0.259 e. The Balaban J connectivity index is 0.00000225. The molecule has 0 unspecified atom stereocenters. The average molecular weight is 424 g/mol. The van der Waals surface area contributed by atoms with Crippen molar-refractivity contribution in [3.8, 4) is 5.75 Å². The second-order valence-corrected chi connectivity index (χ2v) is 7.32. The number of nitrogens with zero attached hydrogens (tertiary/aromatic N) is 2. The van der Waals surface area contributed by atoms with Gasteiger partial charge in [-0.3, -0.25) is 4.79 Å². The van der Waals surface area contributed by atoms with E-state index in [4.69, 9.17) is 10.5 Å². The number of aromatic nitrogens is 2. The summed E-state index contributed by atoms with van der Waals surface area (Å²) in [7, 11) is 0. The van der Waals surface area contributed by atoms with Crippen LogP contribution in [0.5, 0.6) is 5.75 Å². The summed E-state index contributed by atoms with van der Waals surface area (Å²) >= 11 is 1.22. The highest BCUT2D eigenvalue weighted by Gasteiger charge is 2.20. The van der Waals surface area contributed by atoms with E-state index < -0.39 is 5.91 Å². The highest BCUT2D eigenvalue weighted by molar-refractivity contribution is 7.20. The van der Waals surface area contributed by atoms with Gasteiger partial charge in [0.25, 0.3) is 5.91 Å². The summed E-state index contributed by atoms with van der Waals surface area (Å²) in [5.74, 6) is 0.0544. The number of halogens is 2. The smallest absolute Gasteiger partial charge is 0.259 e. The third-order valence-corrected chi connectivity index (χ3v) is 5.67. The zero-order valence-electron chi connectivity index (χ0n) is 15.0. The highest BCUT2D eigenvalue weighted by atomic mass is 35.5. The largest absolute Gasteiger partial charge is 0.487 e. The molecule has 0 aliphatic carbocycles. The molecule has 0 saturated carbocycles. The SMILES string of the molecule is Cc1c(C(N)=O)sc2ncnc(Nc3ccc(F)cc3O[C@H]3CCNC3)c12.Cl. The van der Waals surface area contributed by atoms with E-state index in [1.807, 2.05) is 0 Å². The molecule has 3 aromatic rings. The van der Waals surface area contributed by atoms with Gasteiger partial charge in [0.05, 0.1) is 16.0 Å². The number of benzene rings is 1. The number of thiophene rings is 1. The van der Waals surface area contributed by atoms with E-state index >= 15 is 0 Å². The van der Waals surface area contributed by atoms with E-state index in [1.165, 1.54) is 29.8 Å². The fourth-order valence-corrected chi connectivity index (χ4v) is 4.14. The fraction of sp³-hybridized carbons (Fsp3) is 0.278. The van der Waals surface area contributed by atoms with Crippen LogP contribution in [0.25, 0.3) is 10.2 Å². The summed E-state index contributed by atoms with van der Waals surface area (Å²) in [5, 5.41) is 7.14. The Bertz CT molecular complexity index is 1020. The molecule has 1 aromatic carbocycles. The lowest BCUT2D eigenvalue weighted by molar-refractivity contribution is 0.100. The molecule has 3 heterocycles. The molecule has 28 heavy (non-hydrogen) atoms. The quantitative estimate of drug-likeness (QED) is 0.582. The maximum absolute atomic E-state index is 13.8. The summed E-state index contributed by atoms with van der Waals surface area (Å²) in [6, 6.07) is 4.32. The van der Waals surface area contributed by atoms with Crippen molar-refractivity contribution in [2.24, 2.45) is 5.73 Å². The Morgan fingerprint density at radius 2 is 2.25 bits per heavy atom. The number of nitrogens with two attached hydrogens (primary N) is 1. The van der Waals surface area contributed by atoms with Gasteiger partial charge in [-0.05, 0) is 37.6 Å². The van der Waals surface area contributed by atoms with Crippen LogP contribution in [0.15, 0.2) is 24.5 Å². The van der Waals surface area contributed by atoms with Gasteiger partial charge in [0.1, 0.15) is 34.6 Å². The molecule has 10 heteroatoms. The normalized spacial score (nSPS) is 16.0. The number of nitrogens with one attached hydrogen (secondary N) is 2. The fourth-order valence-electron chi connectivity index (χ4n) is 3.13. The highest BCUT2D eigenvalue weighted by Crippen LogP contribution is 2.36. The molecule has 7 nitrogen and oxygen atoms in total. The van der Waals surface area contributed by atoms with Gasteiger partial charge >= 0.3 is 0 Å². The Morgan fingerprint density at radius 3 is 2.96 bits per heavy atom. The molecular weight excluding hydrogens is 405 g/mol. The number of anilines is 2. The van der Waals surface area contributed by atoms with E-state index in [2.05, 4.69) is 20.6 Å². The van der Waals surface area contributed by atoms with Gasteiger partial charge in [-0.2, -0.15) is 0 Å². The van der Waals surface area contributed by atoms with Crippen molar-refractivity contribution in [1.29, 1.82) is 0 Å². The Morgan fingerprint density at radius 1 is 1.43 bits per heavy atom. The van der Waals surface area contributed by atoms with Gasteiger partial charge in [-0.25, -0.2) is 14.4 Å². The van der Waals surface area contributed by atoms with Crippen LogP contribution in [0.2, 0.25) is 0 Å². The van der Waals surface area contributed by atoms with Crippen molar-refractivity contribution >= 4 is 51.4 Å². The predicted octanol–water partition coefficient (Wildman–Crippen LogP) is 3.14. The average Bonchev–Trinajstić information content (AvgIpc) is 3.26. The molecule has 4 rings (SSSR count). The first-order valence-electron chi connectivity index (χ1n) is 8.51. The lowest BCUT2D eigenvalue weighted by Crippen LogP contribution is -2.20. The Kier molecular flexibility index (Phi) is 5.97. The number of ether oxygens (including phenoxy) is 1. The van der Waals surface area contributed by atoms with Gasteiger partial charge in [-0.1, -0.05) is 0 Å². The minimum absolute atomic E-state index is 0. The molecule has 148 valence electrons. The van der Waals surface area contributed by atoms with Crippen molar-refractivity contribution in [2.75, 3.05) is 18.4 Å². The van der Waals surface area contributed by atoms with E-state index in [0.29, 0.717) is 32.3 Å². The summed E-state index contributed by atoms with van der Waals surface area (Å²) in [4.78, 5) is 21.3. The molecule has 1 aliphatic rings. The van der Waals surface area contributed by atoms with Crippen molar-refractivity contribution in [2.45, 2.75) is 19.4 Å². The van der Waals surface area contributed by atoms with E-state index in [-0.39, 0.29) is 24.3 Å². The van der Waals surface area contributed by atoms with E-state index in [0.717, 1.165) is 25.1 Å². The van der Waals surface area contributed by atoms with Crippen LogP contribution in [-0.2, 0) is 0 Å². The molecule has 0 spiro atoms. The zero-order chi connectivity index (χ0) is 19.0. The number of primary amides is 1. The van der Waals surface area contributed by atoms with Crippen LogP contribution < -0.4 is 21.1 Å². The van der Waals surface area contributed by atoms with E-state index in [9.17, 15) is 9.18 Å². The van der Waals surface area contributed by atoms with Crippen LogP contribution in [0.4, 0.5) is 15.9 Å². The molecule has 0 bridgehead atoms. The molecule has 1 aliphatic heterocycles. The van der Waals surface area contributed by atoms with Crippen LogP contribution in [-0.4, -0.2) is 35.1 Å². The van der Waals surface area contributed by atoms with Crippen molar-refractivity contribution in [3.05, 3.63) is 40.8 Å². The van der Waals surface area contributed by atoms with Crippen LogP contribution in [0.1, 0.15) is 21.7 Å². The molecular formula is C18H19ClFN5O2S. The third-order valence-electron chi connectivity index (χ3n) is 4.46. The van der Waals surface area contributed by atoms with Crippen molar-refractivity contribution in [1.82, 2.24) is 15.3 Å². The number of fused-ring (bicyclic) bond motifs is 1. The number of amides is 1. The number of aryl methyl sites for hydroxylation is 1. The zero-order valence-corrected chi connectivity index (χ0v) is 16.6. The third kappa shape index (κ3) is 3.87. The van der Waals surface area contributed by atoms with Gasteiger partial charge in [0.15, 0.2) is 0 Å². The second-order valence-electron chi connectivity index (χ2n) is 6.32. The topological polar surface area (TPSA) is 102 Å². The van der Waals surface area contributed by atoms with Gasteiger partial charge in [0, 0.05) is 12.6 Å². The number of rotatable bonds is 5. The van der Waals surface area contributed by atoms with Crippen molar-refractivity contribution < 1.29 is 13.9 Å². The van der Waals surface area contributed by atoms with Gasteiger partial charge in [0.2, 0.25) is 0 Å². The molecule has 4 N–H and O–H groups in total. The maximum atomic E-state index is 13.8. The lowest BCUT2D eigenvalue weighted by Gasteiger charge is -2.17. The minimum Gasteiger partial charge on any atom is -0.487 e. The molecule has 1 fully saturated rings.